The van der Waals surface area contributed by atoms with Crippen LogP contribution in [0.5, 0.6) is 0 Å². The predicted octanol–water partition coefficient (Wildman–Crippen LogP) is 10.2. The molecule has 42 heavy (non-hydrogen) atoms. The summed E-state index contributed by atoms with van der Waals surface area (Å²) in [6, 6.07) is 14.2. The van der Waals surface area contributed by atoms with E-state index in [-0.39, 0.29) is 10.8 Å². The zero-order valence-electron chi connectivity index (χ0n) is 27.1. The molecule has 0 heterocycles. The fraction of sp³-hybridized carbons (Fsp3) is 0.619. The third kappa shape index (κ3) is 3.45. The molecule has 8 fully saturated rings. The van der Waals surface area contributed by atoms with Gasteiger partial charge in [0.05, 0.1) is 0 Å². The van der Waals surface area contributed by atoms with Crippen molar-refractivity contribution in [3.63, 3.8) is 0 Å². The van der Waals surface area contributed by atoms with Crippen LogP contribution in [0.4, 0.5) is 0 Å². The van der Waals surface area contributed by atoms with Gasteiger partial charge in [-0.1, -0.05) is 63.8 Å². The van der Waals surface area contributed by atoms with E-state index in [4.69, 9.17) is 12.8 Å². The first-order valence-corrected chi connectivity index (χ1v) is 16.8. The van der Waals surface area contributed by atoms with Gasteiger partial charge in [-0.15, -0.1) is 12.8 Å². The highest BCUT2D eigenvalue weighted by Crippen LogP contribution is 2.85. The van der Waals surface area contributed by atoms with Gasteiger partial charge in [0.15, 0.2) is 0 Å². The Hall–Kier alpha value is -2.44. The molecule has 218 valence electrons. The average Bonchev–Trinajstić information content (AvgIpc) is 2.84. The third-order valence-electron chi connectivity index (χ3n) is 14.1. The van der Waals surface area contributed by atoms with Crippen LogP contribution < -0.4 is 0 Å². The van der Waals surface area contributed by atoms with Crippen LogP contribution in [-0.2, 0) is 10.8 Å². The first-order valence-electron chi connectivity index (χ1n) is 16.8. The molecule has 0 N–H and O–H groups in total. The van der Waals surface area contributed by atoms with Gasteiger partial charge in [0, 0.05) is 11.1 Å². The molecular weight excluding hydrogens is 504 g/mol. The molecule has 0 saturated heterocycles. The molecule has 0 heteroatoms. The van der Waals surface area contributed by atoms with Crippen molar-refractivity contribution in [3.8, 4) is 24.7 Å². The zero-order valence-corrected chi connectivity index (χ0v) is 27.1. The minimum Gasteiger partial charge on any atom is -0.115 e. The van der Waals surface area contributed by atoms with Crippen LogP contribution in [0.25, 0.3) is 0 Å². The van der Waals surface area contributed by atoms with Crippen LogP contribution in [0.1, 0.15) is 138 Å². The van der Waals surface area contributed by atoms with Crippen LogP contribution in [0, 0.1) is 71.0 Å². The number of aryl methyl sites for hydroxylation is 2. The fourth-order valence-corrected chi connectivity index (χ4v) is 15.6. The van der Waals surface area contributed by atoms with Crippen molar-refractivity contribution in [1.29, 1.82) is 0 Å². The van der Waals surface area contributed by atoms with Gasteiger partial charge in [0.2, 0.25) is 0 Å². The molecule has 0 spiro atoms. The molecule has 0 radical (unpaired) electrons. The van der Waals surface area contributed by atoms with Gasteiger partial charge in [-0.25, -0.2) is 0 Å². The second-order valence-corrected chi connectivity index (χ2v) is 18.9. The van der Waals surface area contributed by atoms with E-state index in [9.17, 15) is 0 Å². The fourth-order valence-electron chi connectivity index (χ4n) is 15.6. The summed E-state index contributed by atoms with van der Waals surface area (Å²) in [7, 11) is 0. The Balaban J connectivity index is 1.33. The monoisotopic (exact) mass is 554 g/mol. The second-order valence-electron chi connectivity index (χ2n) is 18.9. The second kappa shape index (κ2) is 7.79. The molecule has 8 aliphatic rings. The molecule has 2 aromatic rings. The third-order valence-corrected chi connectivity index (χ3v) is 14.1. The van der Waals surface area contributed by atoms with E-state index in [2.05, 4.69) is 89.8 Å². The summed E-state index contributed by atoms with van der Waals surface area (Å²) in [5, 5.41) is 0. The summed E-state index contributed by atoms with van der Waals surface area (Å²) in [6.45, 7) is 15.1. The molecule has 8 saturated carbocycles. The maximum atomic E-state index is 6.27. The van der Waals surface area contributed by atoms with Gasteiger partial charge in [-0.3, -0.25) is 0 Å². The molecule has 10 rings (SSSR count). The smallest absolute Gasteiger partial charge is 0.0282 e. The van der Waals surface area contributed by atoms with Crippen LogP contribution in [0.15, 0.2) is 36.4 Å². The van der Waals surface area contributed by atoms with Crippen molar-refractivity contribution in [1.82, 2.24) is 0 Å². The van der Waals surface area contributed by atoms with Crippen molar-refractivity contribution >= 4 is 0 Å². The highest BCUT2D eigenvalue weighted by atomic mass is 14.8. The molecule has 0 aliphatic heterocycles. The van der Waals surface area contributed by atoms with Crippen molar-refractivity contribution < 1.29 is 0 Å². The van der Waals surface area contributed by atoms with Gasteiger partial charge in [0.1, 0.15) is 0 Å². The molecule has 8 aliphatic carbocycles. The number of rotatable bonds is 3. The lowest BCUT2D eigenvalue weighted by Crippen LogP contribution is -2.71. The summed E-state index contributed by atoms with van der Waals surface area (Å²) in [4.78, 5) is 0. The van der Waals surface area contributed by atoms with Crippen LogP contribution in [0.3, 0.4) is 0 Å². The van der Waals surface area contributed by atoms with Crippen molar-refractivity contribution in [2.24, 2.45) is 32.5 Å². The van der Waals surface area contributed by atoms with Crippen molar-refractivity contribution in [2.75, 3.05) is 0 Å². The summed E-state index contributed by atoms with van der Waals surface area (Å²) >= 11 is 0. The zero-order chi connectivity index (χ0) is 29.6. The molecule has 4 atom stereocenters. The molecule has 8 bridgehead atoms. The van der Waals surface area contributed by atoms with E-state index in [1.807, 2.05) is 0 Å². The van der Waals surface area contributed by atoms with E-state index < -0.39 is 0 Å². The van der Waals surface area contributed by atoms with Crippen LogP contribution >= 0.6 is 0 Å². The number of hydrogen-bond acceptors (Lipinski definition) is 0. The quantitative estimate of drug-likeness (QED) is 0.331. The minimum absolute atomic E-state index is 0.194. The van der Waals surface area contributed by atoms with E-state index in [0.717, 1.165) is 0 Å². The standard InChI is InChI=1S/C42H50/c1-9-31-15-29(3)11-13-33(31)39-19-35(5)17-36(6,20-39)24-41(23-35,27-39)42-25-37(7)18-38(8,26-42)22-40(21-37,28-42)34-14-12-30(4)16-32(34)10-2/h1-2,11-16H,17-28H2,3-8H3. The minimum atomic E-state index is 0.194. The summed E-state index contributed by atoms with van der Waals surface area (Å²) in [6.07, 6.45) is 28.9. The molecule has 0 amide bonds. The lowest BCUT2D eigenvalue weighted by Gasteiger charge is -2.80. The SMILES string of the molecule is C#Cc1cc(C)ccc1C12CC3(C)CC(C)(C1)CC(C14CC5(C)CC(C)(CC(c6ccc(C)cc6C#C)(C5)C1)C4)(C3)C2. The summed E-state index contributed by atoms with van der Waals surface area (Å²) < 4.78 is 0. The Kier molecular flexibility index (Phi) is 5.03. The van der Waals surface area contributed by atoms with E-state index >= 15 is 0 Å². The first kappa shape index (κ1) is 27.1. The lowest BCUT2D eigenvalue weighted by atomic mass is 9.24. The van der Waals surface area contributed by atoms with Crippen molar-refractivity contribution in [2.45, 2.75) is 129 Å². The van der Waals surface area contributed by atoms with Gasteiger partial charge < -0.3 is 0 Å². The lowest BCUT2D eigenvalue weighted by molar-refractivity contribution is -0.275. The Morgan fingerprint density at radius 1 is 0.476 bits per heavy atom. The average molecular weight is 555 g/mol. The Morgan fingerprint density at radius 2 is 0.810 bits per heavy atom. The first-order chi connectivity index (χ1) is 19.6. The highest BCUT2D eigenvalue weighted by Gasteiger charge is 2.76. The van der Waals surface area contributed by atoms with Crippen molar-refractivity contribution in [3.05, 3.63) is 69.8 Å². The van der Waals surface area contributed by atoms with Crippen LogP contribution in [-0.4, -0.2) is 0 Å². The maximum absolute atomic E-state index is 6.27. The number of hydrogen-bond donors (Lipinski definition) is 0. The Labute approximate surface area is 255 Å². The Morgan fingerprint density at radius 3 is 1.12 bits per heavy atom. The molecule has 4 unspecified atom stereocenters. The van der Waals surface area contributed by atoms with Crippen LogP contribution in [0.2, 0.25) is 0 Å². The van der Waals surface area contributed by atoms with E-state index in [0.29, 0.717) is 32.5 Å². The van der Waals surface area contributed by atoms with Gasteiger partial charge in [-0.2, -0.15) is 0 Å². The van der Waals surface area contributed by atoms with E-state index in [1.165, 1.54) is 110 Å². The molecule has 2 aromatic carbocycles. The predicted molar refractivity (Wildman–Crippen MR) is 174 cm³/mol. The number of benzene rings is 2. The van der Waals surface area contributed by atoms with Gasteiger partial charge in [0.25, 0.3) is 0 Å². The largest absolute Gasteiger partial charge is 0.115 e. The number of terminal acetylenes is 2. The van der Waals surface area contributed by atoms with E-state index in [1.54, 1.807) is 0 Å². The molecule has 0 nitrogen and oxygen atoms in total. The summed E-state index contributed by atoms with van der Waals surface area (Å²) in [5.74, 6) is 6.34. The Bertz CT molecular complexity index is 1460. The summed E-state index contributed by atoms with van der Waals surface area (Å²) in [5.41, 5.74) is 10.5. The maximum Gasteiger partial charge on any atom is 0.0282 e. The normalized spacial score (nSPS) is 47.8. The van der Waals surface area contributed by atoms with Gasteiger partial charge in [-0.05, 0) is 169 Å². The molecule has 0 aromatic heterocycles. The van der Waals surface area contributed by atoms with Gasteiger partial charge >= 0.3 is 0 Å². The molecular formula is C42H50. The highest BCUT2D eigenvalue weighted by molar-refractivity contribution is 5.51. The topological polar surface area (TPSA) is 0 Å².